The van der Waals surface area contributed by atoms with Crippen LogP contribution in [0.15, 0.2) is 53.4 Å². The third-order valence-electron chi connectivity index (χ3n) is 2.96. The molecule has 0 aliphatic carbocycles. The lowest BCUT2D eigenvalue weighted by Crippen LogP contribution is -2.24. The number of rotatable bonds is 5. The highest BCUT2D eigenvalue weighted by Gasteiger charge is 2.16. The molecule has 0 aliphatic rings. The van der Waals surface area contributed by atoms with Crippen LogP contribution in [0.25, 0.3) is 0 Å². The summed E-state index contributed by atoms with van der Waals surface area (Å²) >= 11 is 0. The van der Waals surface area contributed by atoms with Crippen molar-refractivity contribution >= 4 is 27.5 Å². The van der Waals surface area contributed by atoms with E-state index in [1.165, 1.54) is 55.5 Å². The van der Waals surface area contributed by atoms with E-state index in [2.05, 4.69) is 4.72 Å². The highest BCUT2D eigenvalue weighted by atomic mass is 32.2. The molecule has 0 aromatic heterocycles. The van der Waals surface area contributed by atoms with Crippen molar-refractivity contribution in [3.63, 3.8) is 0 Å². The predicted molar refractivity (Wildman–Crippen MR) is 78.0 cm³/mol. The molecule has 0 saturated heterocycles. The van der Waals surface area contributed by atoms with E-state index < -0.39 is 16.0 Å². The van der Waals surface area contributed by atoms with Crippen molar-refractivity contribution in [3.8, 4) is 0 Å². The minimum atomic E-state index is -3.96. The standard InChI is InChI=1S/C15H13NO5S/c1-10(17)11-6-8-12(9-7-11)22(20,21)16-14-5-3-2-4-13(14)15(18)19/h2-9,16H,1H3,(H,18,19)/p-1. The van der Waals surface area contributed by atoms with Crippen LogP contribution in [0.5, 0.6) is 0 Å². The number of carboxylic acid groups (broad SMARTS) is 1. The first-order valence-corrected chi connectivity index (χ1v) is 7.74. The Balaban J connectivity index is 2.36. The second kappa shape index (κ2) is 5.98. The lowest BCUT2D eigenvalue weighted by molar-refractivity contribution is -0.254. The molecule has 22 heavy (non-hydrogen) atoms. The van der Waals surface area contributed by atoms with Crippen LogP contribution < -0.4 is 9.83 Å². The molecule has 0 fully saturated rings. The Hall–Kier alpha value is -2.67. The number of aromatic carboxylic acids is 1. The number of hydrogen-bond donors (Lipinski definition) is 1. The van der Waals surface area contributed by atoms with E-state index in [-0.39, 0.29) is 21.9 Å². The van der Waals surface area contributed by atoms with Crippen LogP contribution in [0.2, 0.25) is 0 Å². The average Bonchev–Trinajstić information content (AvgIpc) is 2.47. The maximum atomic E-state index is 12.2. The molecule has 7 heteroatoms. The van der Waals surface area contributed by atoms with Gasteiger partial charge in [-0.05, 0) is 25.1 Å². The third kappa shape index (κ3) is 3.32. The smallest absolute Gasteiger partial charge is 0.261 e. The van der Waals surface area contributed by atoms with Gasteiger partial charge in [-0.3, -0.25) is 9.52 Å². The maximum absolute atomic E-state index is 12.2. The summed E-state index contributed by atoms with van der Waals surface area (Å²) in [6.45, 7) is 1.37. The van der Waals surface area contributed by atoms with Gasteiger partial charge in [0.25, 0.3) is 10.0 Å². The van der Waals surface area contributed by atoms with Crippen LogP contribution in [0.1, 0.15) is 27.6 Å². The summed E-state index contributed by atoms with van der Waals surface area (Å²) in [5.74, 6) is -1.66. The molecule has 2 aromatic rings. The quantitative estimate of drug-likeness (QED) is 0.830. The summed E-state index contributed by atoms with van der Waals surface area (Å²) in [6.07, 6.45) is 0. The normalized spacial score (nSPS) is 11.0. The van der Waals surface area contributed by atoms with Gasteiger partial charge in [0.1, 0.15) is 0 Å². The summed E-state index contributed by atoms with van der Waals surface area (Å²) in [5, 5.41) is 11.0. The van der Waals surface area contributed by atoms with Gasteiger partial charge in [0.2, 0.25) is 0 Å². The van der Waals surface area contributed by atoms with Crippen LogP contribution in [-0.4, -0.2) is 20.2 Å². The molecule has 0 heterocycles. The molecular weight excluding hydrogens is 306 g/mol. The van der Waals surface area contributed by atoms with Gasteiger partial charge in [0.15, 0.2) is 5.78 Å². The molecule has 0 amide bonds. The number of Topliss-reactive ketones (excluding diaryl/α,β-unsaturated/α-hetero) is 1. The second-order valence-corrected chi connectivity index (χ2v) is 6.20. The number of hydrogen-bond acceptors (Lipinski definition) is 5. The molecule has 0 saturated carbocycles. The summed E-state index contributed by atoms with van der Waals surface area (Å²) in [6, 6.07) is 10.9. The van der Waals surface area contributed by atoms with Crippen LogP contribution in [0, 0.1) is 0 Å². The molecule has 0 spiro atoms. The van der Waals surface area contributed by atoms with Gasteiger partial charge in [-0.2, -0.15) is 0 Å². The highest BCUT2D eigenvalue weighted by molar-refractivity contribution is 7.92. The Morgan fingerprint density at radius 2 is 1.59 bits per heavy atom. The van der Waals surface area contributed by atoms with E-state index in [4.69, 9.17) is 0 Å². The molecule has 1 N–H and O–H groups in total. The second-order valence-electron chi connectivity index (χ2n) is 4.52. The lowest BCUT2D eigenvalue weighted by atomic mass is 10.2. The fourth-order valence-corrected chi connectivity index (χ4v) is 2.90. The molecule has 2 rings (SSSR count). The third-order valence-corrected chi connectivity index (χ3v) is 4.34. The van der Waals surface area contributed by atoms with Gasteiger partial charge in [0.05, 0.1) is 16.6 Å². The first-order chi connectivity index (χ1) is 10.3. The van der Waals surface area contributed by atoms with E-state index in [1.54, 1.807) is 0 Å². The fraction of sp³-hybridized carbons (Fsp3) is 0.0667. The molecule has 0 aliphatic heterocycles. The Morgan fingerprint density at radius 1 is 1.00 bits per heavy atom. The van der Waals surface area contributed by atoms with Crippen molar-refractivity contribution < 1.29 is 23.1 Å². The number of benzene rings is 2. The van der Waals surface area contributed by atoms with Gasteiger partial charge in [-0.15, -0.1) is 0 Å². The Bertz CT molecular complexity index is 825. The summed E-state index contributed by atoms with van der Waals surface area (Å²) in [4.78, 5) is 22.1. The van der Waals surface area contributed by atoms with E-state index >= 15 is 0 Å². The molecule has 0 bridgehead atoms. The molecule has 114 valence electrons. The number of ketones is 1. The van der Waals surface area contributed by atoms with Gasteiger partial charge in [-0.25, -0.2) is 8.42 Å². The zero-order valence-corrected chi connectivity index (χ0v) is 12.4. The molecule has 0 unspecified atom stereocenters. The number of nitrogens with one attached hydrogen (secondary N) is 1. The monoisotopic (exact) mass is 318 g/mol. The van der Waals surface area contributed by atoms with Gasteiger partial charge in [-0.1, -0.05) is 30.3 Å². The SMILES string of the molecule is CC(=O)c1ccc(S(=O)(=O)Nc2ccccc2C(=O)[O-])cc1. The highest BCUT2D eigenvalue weighted by Crippen LogP contribution is 2.20. The summed E-state index contributed by atoms with van der Waals surface area (Å²) in [5.41, 5.74) is 0.0404. The fourth-order valence-electron chi connectivity index (χ4n) is 1.82. The van der Waals surface area contributed by atoms with Crippen molar-refractivity contribution in [2.45, 2.75) is 11.8 Å². The topological polar surface area (TPSA) is 103 Å². The van der Waals surface area contributed by atoms with Gasteiger partial charge in [0, 0.05) is 11.1 Å². The molecule has 6 nitrogen and oxygen atoms in total. The molecule has 0 atom stereocenters. The summed E-state index contributed by atoms with van der Waals surface area (Å²) < 4.78 is 26.7. The first-order valence-electron chi connectivity index (χ1n) is 6.25. The Kier molecular flexibility index (Phi) is 4.27. The lowest BCUT2D eigenvalue weighted by Gasteiger charge is -2.13. The van der Waals surface area contributed by atoms with E-state index in [1.807, 2.05) is 0 Å². The zero-order chi connectivity index (χ0) is 16.3. The number of anilines is 1. The van der Waals surface area contributed by atoms with Crippen LogP contribution in [0.3, 0.4) is 0 Å². The summed E-state index contributed by atoms with van der Waals surface area (Å²) in [7, 11) is -3.96. The number of sulfonamides is 1. The van der Waals surface area contributed by atoms with Crippen molar-refractivity contribution in [1.82, 2.24) is 0 Å². The van der Waals surface area contributed by atoms with E-state index in [0.717, 1.165) is 0 Å². The van der Waals surface area contributed by atoms with E-state index in [9.17, 15) is 23.1 Å². The number of carboxylic acids is 1. The van der Waals surface area contributed by atoms with Crippen LogP contribution in [0.4, 0.5) is 5.69 Å². The van der Waals surface area contributed by atoms with E-state index in [0.29, 0.717) is 5.56 Å². The minimum absolute atomic E-state index is 0.0781. The number of carbonyl (C=O) groups is 2. The largest absolute Gasteiger partial charge is 0.545 e. The average molecular weight is 318 g/mol. The van der Waals surface area contributed by atoms with Crippen molar-refractivity contribution in [2.24, 2.45) is 0 Å². The molecule has 2 aromatic carbocycles. The number of carbonyl (C=O) groups excluding carboxylic acids is 2. The molecular formula is C15H12NO5S-. The van der Waals surface area contributed by atoms with Gasteiger partial charge >= 0.3 is 0 Å². The van der Waals surface area contributed by atoms with Crippen LogP contribution >= 0.6 is 0 Å². The number of para-hydroxylation sites is 1. The predicted octanol–water partition coefficient (Wildman–Crippen LogP) is 1.05. The van der Waals surface area contributed by atoms with Crippen molar-refractivity contribution in [3.05, 3.63) is 59.7 Å². The first kappa shape index (κ1) is 15.7. The van der Waals surface area contributed by atoms with Crippen LogP contribution in [-0.2, 0) is 10.0 Å². The molecule has 0 radical (unpaired) electrons. The minimum Gasteiger partial charge on any atom is -0.545 e. The van der Waals surface area contributed by atoms with Crippen molar-refractivity contribution in [1.29, 1.82) is 0 Å². The van der Waals surface area contributed by atoms with Gasteiger partial charge < -0.3 is 9.90 Å². The Morgan fingerprint density at radius 3 is 2.14 bits per heavy atom. The Labute approximate surface area is 127 Å². The maximum Gasteiger partial charge on any atom is 0.261 e. The van der Waals surface area contributed by atoms with Crippen molar-refractivity contribution in [2.75, 3.05) is 4.72 Å². The zero-order valence-electron chi connectivity index (χ0n) is 11.6.